The van der Waals surface area contributed by atoms with Gasteiger partial charge >= 0.3 is 6.01 Å². The van der Waals surface area contributed by atoms with Crippen LogP contribution in [0.15, 0.2) is 6.20 Å². The Bertz CT molecular complexity index is 422. The van der Waals surface area contributed by atoms with E-state index in [1.807, 2.05) is 13.1 Å². The summed E-state index contributed by atoms with van der Waals surface area (Å²) in [6.45, 7) is 8.35. The van der Waals surface area contributed by atoms with Crippen LogP contribution in [0.3, 0.4) is 0 Å². The Hall–Kier alpha value is -1.16. The fourth-order valence-corrected chi connectivity index (χ4v) is 2.74. The monoisotopic (exact) mass is 277 g/mol. The van der Waals surface area contributed by atoms with Crippen LogP contribution in [0.25, 0.3) is 0 Å². The van der Waals surface area contributed by atoms with Crippen molar-refractivity contribution in [3.8, 4) is 6.01 Å². The summed E-state index contributed by atoms with van der Waals surface area (Å²) in [4.78, 5) is 8.86. The van der Waals surface area contributed by atoms with Gasteiger partial charge < -0.3 is 10.1 Å². The highest BCUT2D eigenvalue weighted by Gasteiger charge is 2.21. The van der Waals surface area contributed by atoms with Gasteiger partial charge in [-0.3, -0.25) is 0 Å². The summed E-state index contributed by atoms with van der Waals surface area (Å²) in [5.74, 6) is 0.757. The van der Waals surface area contributed by atoms with Crippen LogP contribution in [0, 0.1) is 12.8 Å². The number of nitrogens with one attached hydrogen (secondary N) is 1. The quantitative estimate of drug-likeness (QED) is 0.811. The van der Waals surface area contributed by atoms with Crippen molar-refractivity contribution in [2.24, 2.45) is 5.92 Å². The van der Waals surface area contributed by atoms with Gasteiger partial charge in [-0.25, -0.2) is 9.97 Å². The molecule has 1 aromatic heterocycles. The van der Waals surface area contributed by atoms with Crippen molar-refractivity contribution in [2.45, 2.75) is 65.5 Å². The van der Waals surface area contributed by atoms with Gasteiger partial charge in [-0.05, 0) is 45.1 Å². The molecule has 112 valence electrons. The van der Waals surface area contributed by atoms with E-state index in [-0.39, 0.29) is 0 Å². The lowest BCUT2D eigenvalue weighted by atomic mass is 9.89. The topological polar surface area (TPSA) is 47.0 Å². The summed E-state index contributed by atoms with van der Waals surface area (Å²) in [5, 5.41) is 3.38. The van der Waals surface area contributed by atoms with Crippen molar-refractivity contribution in [1.29, 1.82) is 0 Å². The maximum absolute atomic E-state index is 5.94. The normalized spacial score (nSPS) is 22.8. The van der Waals surface area contributed by atoms with Gasteiger partial charge in [0, 0.05) is 24.0 Å². The third kappa shape index (κ3) is 4.44. The maximum atomic E-state index is 5.94. The Morgan fingerprint density at radius 3 is 2.95 bits per heavy atom. The van der Waals surface area contributed by atoms with Crippen LogP contribution in [0.1, 0.15) is 57.2 Å². The van der Waals surface area contributed by atoms with Gasteiger partial charge in [0.15, 0.2) is 0 Å². The molecule has 1 saturated carbocycles. The third-order valence-electron chi connectivity index (χ3n) is 3.96. The van der Waals surface area contributed by atoms with Crippen molar-refractivity contribution in [1.82, 2.24) is 15.3 Å². The number of rotatable bonds is 6. The van der Waals surface area contributed by atoms with Crippen molar-refractivity contribution < 1.29 is 4.74 Å². The second-order valence-electron chi connectivity index (χ2n) is 5.95. The first-order valence-electron chi connectivity index (χ1n) is 7.89. The predicted molar refractivity (Wildman–Crippen MR) is 80.8 cm³/mol. The van der Waals surface area contributed by atoms with Crippen LogP contribution in [0.5, 0.6) is 6.01 Å². The van der Waals surface area contributed by atoms with E-state index in [1.54, 1.807) is 0 Å². The lowest BCUT2D eigenvalue weighted by Gasteiger charge is -2.26. The van der Waals surface area contributed by atoms with Crippen LogP contribution >= 0.6 is 0 Å². The minimum Gasteiger partial charge on any atom is -0.460 e. The average molecular weight is 277 g/mol. The summed E-state index contributed by atoms with van der Waals surface area (Å²) in [7, 11) is 0. The summed E-state index contributed by atoms with van der Waals surface area (Å²) >= 11 is 0. The second kappa shape index (κ2) is 7.58. The van der Waals surface area contributed by atoms with E-state index in [2.05, 4.69) is 29.1 Å². The number of ether oxygens (including phenoxy) is 1. The Morgan fingerprint density at radius 1 is 1.40 bits per heavy atom. The van der Waals surface area contributed by atoms with Gasteiger partial charge in [-0.15, -0.1) is 0 Å². The summed E-state index contributed by atoms with van der Waals surface area (Å²) in [6.07, 6.45) is 8.16. The lowest BCUT2D eigenvalue weighted by Crippen LogP contribution is -2.25. The molecule has 2 rings (SSSR count). The number of aromatic nitrogens is 2. The number of aryl methyl sites for hydroxylation is 1. The van der Waals surface area contributed by atoms with Gasteiger partial charge in [0.25, 0.3) is 0 Å². The fraction of sp³-hybridized carbons (Fsp3) is 0.750. The largest absolute Gasteiger partial charge is 0.460 e. The van der Waals surface area contributed by atoms with E-state index in [0.29, 0.717) is 12.1 Å². The van der Waals surface area contributed by atoms with Crippen molar-refractivity contribution in [3.05, 3.63) is 17.5 Å². The second-order valence-corrected chi connectivity index (χ2v) is 5.95. The van der Waals surface area contributed by atoms with Crippen LogP contribution in [-0.4, -0.2) is 22.6 Å². The first kappa shape index (κ1) is 15.2. The number of nitrogens with zero attached hydrogens (tertiary/aromatic N) is 2. The molecular formula is C16H27N3O. The van der Waals surface area contributed by atoms with E-state index in [0.717, 1.165) is 49.5 Å². The molecule has 2 atom stereocenters. The molecule has 1 N–H and O–H groups in total. The maximum Gasteiger partial charge on any atom is 0.316 e. The van der Waals surface area contributed by atoms with Gasteiger partial charge in [0.1, 0.15) is 6.10 Å². The van der Waals surface area contributed by atoms with Gasteiger partial charge in [-0.1, -0.05) is 20.3 Å². The van der Waals surface area contributed by atoms with E-state index in [1.165, 1.54) is 12.8 Å². The van der Waals surface area contributed by atoms with Crippen LogP contribution in [0.2, 0.25) is 0 Å². The van der Waals surface area contributed by atoms with Gasteiger partial charge in [-0.2, -0.15) is 0 Å². The molecule has 4 nitrogen and oxygen atoms in total. The number of hydrogen-bond donors (Lipinski definition) is 1. The molecule has 1 fully saturated rings. The van der Waals surface area contributed by atoms with Crippen LogP contribution < -0.4 is 10.1 Å². The van der Waals surface area contributed by atoms with E-state index < -0.39 is 0 Å². The van der Waals surface area contributed by atoms with Crippen molar-refractivity contribution >= 4 is 0 Å². The zero-order valence-corrected chi connectivity index (χ0v) is 13.0. The average Bonchev–Trinajstić information content (AvgIpc) is 2.41. The minimum absolute atomic E-state index is 0.294. The SMILES string of the molecule is CCCNCc1cnc(OC2CCCC(C)C2)nc1C. The highest BCUT2D eigenvalue weighted by atomic mass is 16.5. The molecular weight excluding hydrogens is 250 g/mol. The van der Waals surface area contributed by atoms with E-state index in [9.17, 15) is 0 Å². The standard InChI is InChI=1S/C16H27N3O/c1-4-8-17-10-14-11-18-16(19-13(14)3)20-15-7-5-6-12(2)9-15/h11-12,15,17H,4-10H2,1-3H3. The Morgan fingerprint density at radius 2 is 2.25 bits per heavy atom. The molecule has 0 aliphatic heterocycles. The zero-order valence-electron chi connectivity index (χ0n) is 13.0. The molecule has 0 bridgehead atoms. The van der Waals surface area contributed by atoms with Gasteiger partial charge in [0.05, 0.1) is 0 Å². The molecule has 1 heterocycles. The first-order valence-corrected chi connectivity index (χ1v) is 7.89. The molecule has 20 heavy (non-hydrogen) atoms. The molecule has 4 heteroatoms. The van der Waals surface area contributed by atoms with E-state index in [4.69, 9.17) is 4.74 Å². The fourth-order valence-electron chi connectivity index (χ4n) is 2.74. The van der Waals surface area contributed by atoms with E-state index >= 15 is 0 Å². The zero-order chi connectivity index (χ0) is 14.4. The highest BCUT2D eigenvalue weighted by Crippen LogP contribution is 2.26. The molecule has 0 aromatic carbocycles. The smallest absolute Gasteiger partial charge is 0.316 e. The molecule has 1 aromatic rings. The molecule has 0 saturated heterocycles. The lowest BCUT2D eigenvalue weighted by molar-refractivity contribution is 0.118. The van der Waals surface area contributed by atoms with Crippen molar-refractivity contribution in [2.75, 3.05) is 6.54 Å². The Balaban J connectivity index is 1.91. The van der Waals surface area contributed by atoms with Crippen LogP contribution in [0.4, 0.5) is 0 Å². The molecule has 0 amide bonds. The third-order valence-corrected chi connectivity index (χ3v) is 3.96. The Labute approximate surface area is 122 Å². The molecule has 0 spiro atoms. The molecule has 1 aliphatic carbocycles. The summed E-state index contributed by atoms with van der Waals surface area (Å²) < 4.78 is 5.94. The summed E-state index contributed by atoms with van der Waals surface area (Å²) in [5.41, 5.74) is 2.17. The number of hydrogen-bond acceptors (Lipinski definition) is 4. The van der Waals surface area contributed by atoms with Crippen molar-refractivity contribution in [3.63, 3.8) is 0 Å². The first-order chi connectivity index (χ1) is 9.69. The minimum atomic E-state index is 0.294. The predicted octanol–water partition coefficient (Wildman–Crippen LogP) is 3.24. The summed E-state index contributed by atoms with van der Waals surface area (Å²) in [6, 6.07) is 0.542. The van der Waals surface area contributed by atoms with Gasteiger partial charge in [0.2, 0.25) is 0 Å². The Kier molecular flexibility index (Phi) is 5.77. The molecule has 1 aliphatic rings. The van der Waals surface area contributed by atoms with Crippen LogP contribution in [-0.2, 0) is 6.54 Å². The molecule has 0 radical (unpaired) electrons. The highest BCUT2D eigenvalue weighted by molar-refractivity contribution is 5.17. The molecule has 2 unspecified atom stereocenters.